The molecular weight excluding hydrogens is 379 g/mol. The lowest BCUT2D eigenvalue weighted by molar-refractivity contribution is 0.102. The number of ether oxygens (including phenoxy) is 1. The monoisotopic (exact) mass is 394 g/mol. The van der Waals surface area contributed by atoms with Crippen LogP contribution in [0.3, 0.4) is 0 Å². The molecule has 1 amide bonds. The maximum atomic E-state index is 14.0. The summed E-state index contributed by atoms with van der Waals surface area (Å²) >= 11 is 1.15. The molecule has 0 aliphatic carbocycles. The van der Waals surface area contributed by atoms with E-state index in [-0.39, 0.29) is 18.0 Å². The molecule has 0 unspecified atom stereocenters. The fourth-order valence-corrected chi connectivity index (χ4v) is 2.60. The number of halogens is 2. The minimum Gasteiger partial charge on any atom is -0.457 e. The van der Waals surface area contributed by atoms with E-state index in [0.717, 1.165) is 23.3 Å². The van der Waals surface area contributed by atoms with Crippen molar-refractivity contribution in [1.82, 2.24) is 10.2 Å². The first-order chi connectivity index (χ1) is 12.2. The first-order valence-electron chi connectivity index (χ1n) is 7.49. The Hall–Kier alpha value is -2.55. The Morgan fingerprint density at radius 3 is 2.58 bits per heavy atom. The molecule has 1 aromatic heterocycles. The highest BCUT2D eigenvalue weighted by Crippen LogP contribution is 2.25. The average Bonchev–Trinajstić information content (AvgIpc) is 3.11. The van der Waals surface area contributed by atoms with Gasteiger partial charge in [0, 0.05) is 0 Å². The Kier molecular flexibility index (Phi) is 7.02. The number of benzene rings is 2. The molecule has 0 radical (unpaired) electrons. The van der Waals surface area contributed by atoms with Gasteiger partial charge in [-0.2, -0.15) is 0 Å². The topological polar surface area (TPSA) is 90.1 Å². The molecule has 0 fully saturated rings. The van der Waals surface area contributed by atoms with Crippen LogP contribution in [0.25, 0.3) is 0 Å². The van der Waals surface area contributed by atoms with Crippen LogP contribution in [-0.2, 0) is 6.42 Å². The molecule has 0 saturated carbocycles. The lowest BCUT2D eigenvalue weighted by atomic mass is 10.1. The summed E-state index contributed by atoms with van der Waals surface area (Å²) < 4.78 is 19.7. The van der Waals surface area contributed by atoms with Gasteiger partial charge in [0.15, 0.2) is 0 Å². The maximum Gasteiger partial charge on any atom is 0.260 e. The lowest BCUT2D eigenvalue weighted by Gasteiger charge is -2.09. The van der Waals surface area contributed by atoms with E-state index in [4.69, 9.17) is 10.5 Å². The number of anilines is 1. The summed E-state index contributed by atoms with van der Waals surface area (Å²) in [5.74, 6) is -0.316. The summed E-state index contributed by atoms with van der Waals surface area (Å²) in [7, 11) is 0. The van der Waals surface area contributed by atoms with Gasteiger partial charge in [-0.3, -0.25) is 10.1 Å². The van der Waals surface area contributed by atoms with Crippen molar-refractivity contribution in [3.05, 3.63) is 64.9 Å². The Bertz CT molecular complexity index is 860. The van der Waals surface area contributed by atoms with Crippen molar-refractivity contribution in [2.24, 2.45) is 5.73 Å². The van der Waals surface area contributed by atoms with Crippen LogP contribution in [0.15, 0.2) is 48.0 Å². The number of nitrogens with zero attached hydrogens (tertiary/aromatic N) is 2. The van der Waals surface area contributed by atoms with Crippen molar-refractivity contribution in [1.29, 1.82) is 0 Å². The molecule has 26 heavy (non-hydrogen) atoms. The first kappa shape index (κ1) is 19.8. The third kappa shape index (κ3) is 4.98. The highest BCUT2D eigenvalue weighted by molar-refractivity contribution is 7.13. The fourth-order valence-electron chi connectivity index (χ4n) is 2.16. The molecule has 6 nitrogen and oxygen atoms in total. The highest BCUT2D eigenvalue weighted by atomic mass is 35.5. The zero-order valence-corrected chi connectivity index (χ0v) is 15.1. The molecule has 136 valence electrons. The van der Waals surface area contributed by atoms with Gasteiger partial charge < -0.3 is 10.5 Å². The van der Waals surface area contributed by atoms with Crippen molar-refractivity contribution in [3.8, 4) is 11.5 Å². The lowest BCUT2D eigenvalue weighted by Crippen LogP contribution is -2.13. The summed E-state index contributed by atoms with van der Waals surface area (Å²) in [5.41, 5.74) is 7.96. The Balaban J connectivity index is 0.00000243. The molecule has 0 aliphatic rings. The van der Waals surface area contributed by atoms with Crippen LogP contribution < -0.4 is 15.8 Å². The van der Waals surface area contributed by atoms with Crippen molar-refractivity contribution < 1.29 is 13.9 Å². The van der Waals surface area contributed by atoms with E-state index in [1.165, 1.54) is 23.7 Å². The minimum atomic E-state index is -0.646. The maximum absolute atomic E-state index is 14.0. The normalized spacial score (nSPS) is 10.1. The second-order valence-corrected chi connectivity index (χ2v) is 5.96. The quantitative estimate of drug-likeness (QED) is 0.666. The molecule has 0 atom stereocenters. The number of aromatic nitrogens is 2. The van der Waals surface area contributed by atoms with E-state index in [9.17, 15) is 9.18 Å². The largest absolute Gasteiger partial charge is 0.457 e. The number of carbonyl (C=O) groups is 1. The zero-order chi connectivity index (χ0) is 17.6. The minimum absolute atomic E-state index is 0. The molecule has 0 aliphatic heterocycles. The number of carbonyl (C=O) groups excluding carboxylic acids is 1. The van der Waals surface area contributed by atoms with Crippen LogP contribution >= 0.6 is 23.7 Å². The molecule has 0 saturated heterocycles. The Morgan fingerprint density at radius 2 is 1.92 bits per heavy atom. The third-order valence-electron chi connectivity index (χ3n) is 3.36. The fraction of sp³-hybridized carbons (Fsp3) is 0.118. The summed E-state index contributed by atoms with van der Waals surface area (Å²) in [6.07, 6.45) is 0.784. The summed E-state index contributed by atoms with van der Waals surface area (Å²) in [4.78, 5) is 12.2. The van der Waals surface area contributed by atoms with Gasteiger partial charge >= 0.3 is 0 Å². The number of amides is 1. The second-order valence-electron chi connectivity index (χ2n) is 5.12. The molecule has 0 bridgehead atoms. The number of hydrogen-bond acceptors (Lipinski definition) is 6. The van der Waals surface area contributed by atoms with Crippen LogP contribution in [0.2, 0.25) is 0 Å². The summed E-state index contributed by atoms with van der Waals surface area (Å²) in [6, 6.07) is 11.4. The van der Waals surface area contributed by atoms with E-state index in [2.05, 4.69) is 15.5 Å². The van der Waals surface area contributed by atoms with Crippen LogP contribution in [-0.4, -0.2) is 22.6 Å². The zero-order valence-electron chi connectivity index (χ0n) is 13.5. The smallest absolute Gasteiger partial charge is 0.260 e. The van der Waals surface area contributed by atoms with E-state index < -0.39 is 11.7 Å². The molecule has 9 heteroatoms. The molecule has 2 aromatic carbocycles. The SMILES string of the molecule is Cl.NCCc1ccc(Oc2ccc(F)c(C(=O)Nc3nncs3)c2)cc1. The van der Waals surface area contributed by atoms with Crippen LogP contribution in [0.1, 0.15) is 15.9 Å². The molecule has 3 aromatic rings. The molecule has 3 N–H and O–H groups in total. The highest BCUT2D eigenvalue weighted by Gasteiger charge is 2.15. The number of hydrogen-bond donors (Lipinski definition) is 2. The molecule has 0 spiro atoms. The number of rotatable bonds is 6. The van der Waals surface area contributed by atoms with Gasteiger partial charge in [-0.25, -0.2) is 4.39 Å². The average molecular weight is 395 g/mol. The van der Waals surface area contributed by atoms with Gasteiger partial charge in [0.25, 0.3) is 5.91 Å². The summed E-state index contributed by atoms with van der Waals surface area (Å²) in [5, 5.41) is 10.1. The first-order valence-corrected chi connectivity index (χ1v) is 8.37. The van der Waals surface area contributed by atoms with Gasteiger partial charge in [0.2, 0.25) is 5.13 Å². The van der Waals surface area contributed by atoms with Crippen LogP contribution in [0, 0.1) is 5.82 Å². The molecule has 3 rings (SSSR count). The van der Waals surface area contributed by atoms with Gasteiger partial charge in [-0.05, 0) is 48.9 Å². The Morgan fingerprint density at radius 1 is 1.19 bits per heavy atom. The number of nitrogens with two attached hydrogens (primary N) is 1. The van der Waals surface area contributed by atoms with Crippen molar-refractivity contribution in [2.45, 2.75) is 6.42 Å². The van der Waals surface area contributed by atoms with Crippen molar-refractivity contribution in [2.75, 3.05) is 11.9 Å². The van der Waals surface area contributed by atoms with Crippen molar-refractivity contribution >= 4 is 34.8 Å². The van der Waals surface area contributed by atoms with Gasteiger partial charge in [-0.1, -0.05) is 23.5 Å². The van der Waals surface area contributed by atoms with E-state index >= 15 is 0 Å². The Labute approximate surface area is 159 Å². The molecular formula is C17H16ClFN4O2S. The standard InChI is InChI=1S/C17H15FN4O2S.ClH/c18-15-6-5-13(24-12-3-1-11(2-4-12)7-8-19)9-14(15)16(23)21-17-22-20-10-25-17;/h1-6,9-10H,7-8,19H2,(H,21,22,23);1H. The van der Waals surface area contributed by atoms with E-state index in [1.54, 1.807) is 12.1 Å². The van der Waals surface area contributed by atoms with Crippen LogP contribution in [0.5, 0.6) is 11.5 Å². The predicted octanol–water partition coefficient (Wildman–Crippen LogP) is 3.64. The van der Waals surface area contributed by atoms with E-state index in [1.807, 2.05) is 12.1 Å². The van der Waals surface area contributed by atoms with Crippen molar-refractivity contribution in [3.63, 3.8) is 0 Å². The van der Waals surface area contributed by atoms with E-state index in [0.29, 0.717) is 23.2 Å². The van der Waals surface area contributed by atoms with Gasteiger partial charge in [-0.15, -0.1) is 22.6 Å². The van der Waals surface area contributed by atoms with Gasteiger partial charge in [0.1, 0.15) is 22.8 Å². The predicted molar refractivity (Wildman–Crippen MR) is 101 cm³/mol. The third-order valence-corrected chi connectivity index (χ3v) is 3.96. The second kappa shape index (κ2) is 9.23. The number of nitrogens with one attached hydrogen (secondary N) is 1. The summed E-state index contributed by atoms with van der Waals surface area (Å²) in [6.45, 7) is 0.575. The molecule has 1 heterocycles. The van der Waals surface area contributed by atoms with Crippen LogP contribution in [0.4, 0.5) is 9.52 Å². The van der Waals surface area contributed by atoms with Gasteiger partial charge in [0.05, 0.1) is 5.56 Å².